The van der Waals surface area contributed by atoms with Crippen molar-refractivity contribution in [3.63, 3.8) is 0 Å². The van der Waals surface area contributed by atoms with Gasteiger partial charge in [0.25, 0.3) is 0 Å². The lowest BCUT2D eigenvalue weighted by Crippen LogP contribution is -2.45. The topological polar surface area (TPSA) is 8.17 Å². The highest BCUT2D eigenvalue weighted by Gasteiger charge is 2.45. The lowest BCUT2D eigenvalue weighted by Gasteiger charge is -2.49. The van der Waals surface area contributed by atoms with Crippen molar-refractivity contribution < 1.29 is 0 Å². The number of fused-ring (bicyclic) bond motifs is 3. The summed E-state index contributed by atoms with van der Waals surface area (Å²) in [5, 5.41) is 2.52. The van der Waals surface area contributed by atoms with Gasteiger partial charge in [-0.1, -0.05) is 182 Å². The molecule has 0 bridgehead atoms. The van der Waals surface area contributed by atoms with Crippen LogP contribution in [0.3, 0.4) is 0 Å². The van der Waals surface area contributed by atoms with Gasteiger partial charge in [-0.2, -0.15) is 0 Å². The Hall–Kier alpha value is -7.16. The van der Waals surface area contributed by atoms with E-state index in [1.165, 1.54) is 60.8 Å². The molecule has 1 aliphatic carbocycles. The number of benzene rings is 8. The number of allylic oxidation sites excluding steroid dienone is 2. The van der Waals surface area contributed by atoms with Gasteiger partial charge in [0.2, 0.25) is 0 Å². The Morgan fingerprint density at radius 3 is 1.75 bits per heavy atom. The summed E-state index contributed by atoms with van der Waals surface area (Å²) in [6, 6.07) is 77.2. The Bertz CT molecular complexity index is 2850. The monoisotopic (exact) mass is 716 g/mol. The Morgan fingerprint density at radius 2 is 1.00 bits per heavy atom. The number of hydrogen-bond acceptors (Lipinski definition) is 1. The fourth-order valence-electron chi connectivity index (χ4n) is 8.88. The van der Waals surface area contributed by atoms with E-state index in [0.29, 0.717) is 0 Å². The molecule has 0 radical (unpaired) electrons. The molecule has 8 aromatic carbocycles. The zero-order valence-electron chi connectivity index (χ0n) is 31.0. The summed E-state index contributed by atoms with van der Waals surface area (Å²) in [6.07, 6.45) is 7.67. The smallest absolute Gasteiger partial charge is 0.100 e. The molecule has 0 aliphatic heterocycles. The van der Waals surface area contributed by atoms with Gasteiger partial charge in [0, 0.05) is 27.8 Å². The maximum absolute atomic E-state index is 2.58. The van der Waals surface area contributed by atoms with Gasteiger partial charge in [-0.25, -0.2) is 0 Å². The lowest BCUT2D eigenvalue weighted by molar-refractivity contribution is 0.568. The summed E-state index contributed by atoms with van der Waals surface area (Å²) in [5.41, 5.74) is 13.8. The van der Waals surface area contributed by atoms with Crippen LogP contribution in [0.4, 0.5) is 11.4 Å². The summed E-state index contributed by atoms with van der Waals surface area (Å²) in [5.74, 6) is 0. The van der Waals surface area contributed by atoms with Crippen LogP contribution in [0.25, 0.3) is 55.3 Å². The van der Waals surface area contributed by atoms with Crippen molar-refractivity contribution >= 4 is 38.8 Å². The molecule has 1 atom stereocenters. The largest absolute Gasteiger partial charge is 0.327 e. The van der Waals surface area contributed by atoms with Gasteiger partial charge in [-0.05, 0) is 93.9 Å². The highest BCUT2D eigenvalue weighted by atomic mass is 15.2. The van der Waals surface area contributed by atoms with E-state index in [1.807, 2.05) is 0 Å². The molecule has 1 heterocycles. The SMILES string of the molecule is C1=CCC(c2ccccc2-c2ccccc2)(N(c2ccccc2)c2ccc(-c3ccc4c5ccccc5n(-c5ccccc5)c4c3)cc2)C(c2ccccc2)=C1. The summed E-state index contributed by atoms with van der Waals surface area (Å²) in [7, 11) is 0. The van der Waals surface area contributed by atoms with Crippen molar-refractivity contribution in [3.8, 4) is 27.9 Å². The number of para-hydroxylation sites is 3. The zero-order valence-corrected chi connectivity index (χ0v) is 31.0. The first-order valence-electron chi connectivity index (χ1n) is 19.4. The predicted octanol–water partition coefficient (Wildman–Crippen LogP) is 14.2. The Morgan fingerprint density at radius 1 is 0.429 bits per heavy atom. The van der Waals surface area contributed by atoms with Crippen LogP contribution >= 0.6 is 0 Å². The first-order valence-corrected chi connectivity index (χ1v) is 19.4. The standard InChI is InChI=1S/C54H40N2/c1-5-19-41(20-6-1)47-27-13-15-30-51(47)54(38-18-17-29-50(54)42-21-7-2-8-22-42)56(45-25-11-4-12-26-45)46-35-32-40(33-36-46)43-34-37-49-48-28-14-16-31-52(48)55(53(49)39-43)44-23-9-3-10-24-44/h1-37,39H,38H2. The third kappa shape index (κ3) is 5.66. The molecular formula is C54H40N2. The summed E-state index contributed by atoms with van der Waals surface area (Å²) >= 11 is 0. The molecule has 0 saturated carbocycles. The van der Waals surface area contributed by atoms with Crippen molar-refractivity contribution in [2.75, 3.05) is 4.90 Å². The minimum atomic E-state index is -0.582. The highest BCUT2D eigenvalue weighted by Crippen LogP contribution is 2.54. The van der Waals surface area contributed by atoms with Crippen molar-refractivity contribution in [2.45, 2.75) is 12.0 Å². The molecule has 1 aromatic heterocycles. The van der Waals surface area contributed by atoms with E-state index >= 15 is 0 Å². The van der Waals surface area contributed by atoms with Crippen molar-refractivity contribution in [3.05, 3.63) is 242 Å². The molecule has 0 amide bonds. The number of hydrogen-bond donors (Lipinski definition) is 0. The number of rotatable bonds is 8. The van der Waals surface area contributed by atoms with Crippen LogP contribution in [0.2, 0.25) is 0 Å². The van der Waals surface area contributed by atoms with Crippen LogP contribution in [0.5, 0.6) is 0 Å². The van der Waals surface area contributed by atoms with E-state index in [0.717, 1.165) is 23.5 Å². The van der Waals surface area contributed by atoms with E-state index in [4.69, 9.17) is 0 Å². The minimum Gasteiger partial charge on any atom is -0.327 e. The van der Waals surface area contributed by atoms with Crippen LogP contribution in [-0.4, -0.2) is 4.57 Å². The van der Waals surface area contributed by atoms with Crippen LogP contribution < -0.4 is 4.90 Å². The van der Waals surface area contributed by atoms with E-state index in [2.05, 4.69) is 240 Å². The predicted molar refractivity (Wildman–Crippen MR) is 237 cm³/mol. The molecule has 0 fully saturated rings. The maximum Gasteiger partial charge on any atom is 0.100 e. The van der Waals surface area contributed by atoms with Gasteiger partial charge < -0.3 is 9.47 Å². The normalized spacial score (nSPS) is 15.2. The van der Waals surface area contributed by atoms with Crippen LogP contribution in [-0.2, 0) is 5.54 Å². The number of nitrogens with zero attached hydrogens (tertiary/aromatic N) is 2. The molecule has 0 spiro atoms. The average molecular weight is 717 g/mol. The number of aromatic nitrogens is 1. The first-order chi connectivity index (χ1) is 27.8. The maximum atomic E-state index is 2.58. The van der Waals surface area contributed by atoms with Crippen LogP contribution in [0.1, 0.15) is 17.5 Å². The third-order valence-corrected chi connectivity index (χ3v) is 11.3. The summed E-state index contributed by atoms with van der Waals surface area (Å²) < 4.78 is 2.39. The third-order valence-electron chi connectivity index (χ3n) is 11.3. The second-order valence-corrected chi connectivity index (χ2v) is 14.5. The second-order valence-electron chi connectivity index (χ2n) is 14.5. The van der Waals surface area contributed by atoms with E-state index in [-0.39, 0.29) is 0 Å². The van der Waals surface area contributed by atoms with E-state index in [1.54, 1.807) is 0 Å². The second kappa shape index (κ2) is 14.2. The van der Waals surface area contributed by atoms with Crippen LogP contribution in [0.15, 0.2) is 231 Å². The van der Waals surface area contributed by atoms with Crippen molar-refractivity contribution in [1.29, 1.82) is 0 Å². The first kappa shape index (κ1) is 33.4. The molecule has 1 aliphatic rings. The van der Waals surface area contributed by atoms with Crippen molar-refractivity contribution in [1.82, 2.24) is 4.57 Å². The molecule has 9 aromatic rings. The summed E-state index contributed by atoms with van der Waals surface area (Å²) in [6.45, 7) is 0. The van der Waals surface area contributed by atoms with Gasteiger partial charge in [0.1, 0.15) is 5.54 Å². The summed E-state index contributed by atoms with van der Waals surface area (Å²) in [4.78, 5) is 2.58. The minimum absolute atomic E-state index is 0.582. The van der Waals surface area contributed by atoms with Crippen molar-refractivity contribution in [2.24, 2.45) is 0 Å². The van der Waals surface area contributed by atoms with Gasteiger partial charge in [-0.15, -0.1) is 0 Å². The molecule has 2 nitrogen and oxygen atoms in total. The molecule has 2 heteroatoms. The Labute approximate surface area is 328 Å². The molecule has 0 saturated heterocycles. The molecular weight excluding hydrogens is 677 g/mol. The van der Waals surface area contributed by atoms with Crippen LogP contribution in [0, 0.1) is 0 Å². The van der Waals surface area contributed by atoms with Gasteiger partial charge in [0.15, 0.2) is 0 Å². The van der Waals surface area contributed by atoms with Gasteiger partial charge in [0.05, 0.1) is 11.0 Å². The van der Waals surface area contributed by atoms with E-state index < -0.39 is 5.54 Å². The molecule has 56 heavy (non-hydrogen) atoms. The Kier molecular flexibility index (Phi) is 8.50. The molecule has 0 N–H and O–H groups in total. The average Bonchev–Trinajstić information content (AvgIpc) is 3.62. The number of anilines is 2. The lowest BCUT2D eigenvalue weighted by atomic mass is 9.70. The fraction of sp³-hybridized carbons (Fsp3) is 0.0370. The van der Waals surface area contributed by atoms with E-state index in [9.17, 15) is 0 Å². The Balaban J connectivity index is 1.17. The molecule has 266 valence electrons. The quantitative estimate of drug-likeness (QED) is 0.152. The van der Waals surface area contributed by atoms with Gasteiger partial charge >= 0.3 is 0 Å². The molecule has 1 unspecified atom stereocenters. The van der Waals surface area contributed by atoms with Gasteiger partial charge in [-0.3, -0.25) is 0 Å². The zero-order chi connectivity index (χ0) is 37.3. The highest BCUT2D eigenvalue weighted by molar-refractivity contribution is 6.10. The fourth-order valence-corrected chi connectivity index (χ4v) is 8.88. The molecule has 10 rings (SSSR count).